The van der Waals surface area contributed by atoms with Crippen LogP contribution in [0.25, 0.3) is 11.1 Å². The lowest BCUT2D eigenvalue weighted by atomic mass is 10.1. The molecular weight excluding hydrogens is 248 g/mol. The number of hydrogen-bond donors (Lipinski definition) is 1. The van der Waals surface area contributed by atoms with Crippen LogP contribution in [0.15, 0.2) is 30.6 Å². The van der Waals surface area contributed by atoms with Crippen LogP contribution < -0.4 is 4.73 Å². The van der Waals surface area contributed by atoms with Gasteiger partial charge in [0.25, 0.3) is 0 Å². The highest BCUT2D eigenvalue weighted by Crippen LogP contribution is 2.24. The molecule has 19 heavy (non-hydrogen) atoms. The van der Waals surface area contributed by atoms with E-state index in [0.717, 1.165) is 0 Å². The number of aromatic nitrogens is 2. The molecule has 0 saturated heterocycles. The van der Waals surface area contributed by atoms with E-state index in [2.05, 4.69) is 9.72 Å². The molecule has 0 radical (unpaired) electrons. The fraction of sp³-hybridized carbons (Fsp3) is 0.154. The predicted molar refractivity (Wildman–Crippen MR) is 66.5 cm³/mol. The van der Waals surface area contributed by atoms with Gasteiger partial charge < -0.3 is 14.9 Å². The lowest BCUT2D eigenvalue weighted by molar-refractivity contribution is -0.604. The molecule has 0 spiro atoms. The lowest BCUT2D eigenvalue weighted by Crippen LogP contribution is -2.24. The summed E-state index contributed by atoms with van der Waals surface area (Å²) in [7, 11) is 1.25. The average molecular weight is 260 g/mol. The maximum Gasteiger partial charge on any atom is 0.354 e. The largest absolute Gasteiger partial charge is 0.619 e. The van der Waals surface area contributed by atoms with Crippen molar-refractivity contribution in [3.8, 4) is 11.1 Å². The van der Waals surface area contributed by atoms with Crippen molar-refractivity contribution in [3.05, 3.63) is 47.2 Å². The zero-order valence-electron chi connectivity index (χ0n) is 10.5. The van der Waals surface area contributed by atoms with Gasteiger partial charge in [0.05, 0.1) is 12.8 Å². The van der Waals surface area contributed by atoms with Gasteiger partial charge in [-0.05, 0) is 12.1 Å². The fourth-order valence-electron chi connectivity index (χ4n) is 1.79. The third-order valence-electron chi connectivity index (χ3n) is 2.66. The summed E-state index contributed by atoms with van der Waals surface area (Å²) in [5.41, 5.74) is 1.49. The number of carbonyl (C=O) groups is 2. The van der Waals surface area contributed by atoms with Crippen molar-refractivity contribution >= 4 is 11.8 Å². The highest BCUT2D eigenvalue weighted by Gasteiger charge is 2.19. The Morgan fingerprint density at radius 3 is 2.74 bits per heavy atom. The van der Waals surface area contributed by atoms with Crippen LogP contribution in [0.3, 0.4) is 0 Å². The number of rotatable bonds is 3. The minimum absolute atomic E-state index is 0.170. The minimum atomic E-state index is -0.570. The Labute approximate surface area is 109 Å². The van der Waals surface area contributed by atoms with Gasteiger partial charge in [0.2, 0.25) is 0 Å². The minimum Gasteiger partial charge on any atom is -0.619 e. The standard InChI is InChI=1S/C13H12N2O4/c1-8(16)12-10(6-11(14-12)13(17)19-2)9-4-3-5-15(18)7-9/h3-7,14H,1-2H3. The fourth-order valence-corrected chi connectivity index (χ4v) is 1.79. The highest BCUT2D eigenvalue weighted by molar-refractivity contribution is 6.02. The molecule has 0 aliphatic carbocycles. The summed E-state index contributed by atoms with van der Waals surface area (Å²) >= 11 is 0. The molecule has 6 heteroatoms. The molecule has 1 N–H and O–H groups in total. The third-order valence-corrected chi connectivity index (χ3v) is 2.66. The quantitative estimate of drug-likeness (QED) is 0.390. The molecule has 0 aliphatic rings. The van der Waals surface area contributed by atoms with Gasteiger partial charge >= 0.3 is 5.97 Å². The smallest absolute Gasteiger partial charge is 0.354 e. The van der Waals surface area contributed by atoms with Crippen LogP contribution in [0.5, 0.6) is 0 Å². The van der Waals surface area contributed by atoms with Gasteiger partial charge in [-0.1, -0.05) is 0 Å². The Kier molecular flexibility index (Phi) is 3.33. The number of nitrogens with one attached hydrogen (secondary N) is 1. The van der Waals surface area contributed by atoms with Gasteiger partial charge in [-0.3, -0.25) is 4.79 Å². The Bertz CT molecular complexity index is 646. The predicted octanol–water partition coefficient (Wildman–Crippen LogP) is 1.30. The number of Topliss-reactive ketones (excluding diaryl/α,β-unsaturated/α-hetero) is 1. The number of pyridine rings is 1. The normalized spacial score (nSPS) is 10.2. The average Bonchev–Trinajstić information content (AvgIpc) is 2.83. The molecule has 98 valence electrons. The van der Waals surface area contributed by atoms with Crippen molar-refractivity contribution < 1.29 is 19.1 Å². The zero-order chi connectivity index (χ0) is 14.0. The van der Waals surface area contributed by atoms with Crippen LogP contribution in [0, 0.1) is 5.21 Å². The number of nitrogens with zero attached hydrogens (tertiary/aromatic N) is 1. The molecule has 0 bridgehead atoms. The van der Waals surface area contributed by atoms with E-state index < -0.39 is 5.97 Å². The first-order valence-electron chi connectivity index (χ1n) is 5.54. The number of H-pyrrole nitrogens is 1. The monoisotopic (exact) mass is 260 g/mol. The third kappa shape index (κ3) is 2.47. The van der Waals surface area contributed by atoms with Gasteiger partial charge in [0.15, 0.2) is 18.2 Å². The Balaban J connectivity index is 2.58. The van der Waals surface area contributed by atoms with E-state index in [1.165, 1.54) is 32.5 Å². The van der Waals surface area contributed by atoms with Crippen LogP contribution in [-0.2, 0) is 4.74 Å². The molecule has 0 amide bonds. The Hall–Kier alpha value is -2.63. The second kappa shape index (κ2) is 4.93. The molecule has 2 aromatic rings. The molecule has 0 aromatic carbocycles. The van der Waals surface area contributed by atoms with E-state index in [9.17, 15) is 14.8 Å². The van der Waals surface area contributed by atoms with Crippen LogP contribution in [0.1, 0.15) is 27.9 Å². The number of aromatic amines is 1. The van der Waals surface area contributed by atoms with Crippen LogP contribution >= 0.6 is 0 Å². The van der Waals surface area contributed by atoms with Crippen LogP contribution in [0.2, 0.25) is 0 Å². The molecule has 0 atom stereocenters. The SMILES string of the molecule is COC(=O)c1cc(-c2ccc[n+]([O-])c2)c(C(C)=O)[nH]1. The van der Waals surface area contributed by atoms with E-state index in [1.54, 1.807) is 12.1 Å². The maximum absolute atomic E-state index is 11.6. The van der Waals surface area contributed by atoms with Crippen LogP contribution in [0.4, 0.5) is 0 Å². The van der Waals surface area contributed by atoms with Crippen molar-refractivity contribution in [1.29, 1.82) is 0 Å². The lowest BCUT2D eigenvalue weighted by Gasteiger charge is -2.01. The summed E-state index contributed by atoms with van der Waals surface area (Å²) in [6, 6.07) is 4.75. The molecular formula is C13H12N2O4. The van der Waals surface area contributed by atoms with Gasteiger partial charge in [0, 0.05) is 24.1 Å². The van der Waals surface area contributed by atoms with Crippen molar-refractivity contribution in [2.45, 2.75) is 6.92 Å². The number of ether oxygens (including phenoxy) is 1. The number of ketones is 1. The van der Waals surface area contributed by atoms with E-state index >= 15 is 0 Å². The molecule has 0 fully saturated rings. The van der Waals surface area contributed by atoms with Gasteiger partial charge in [-0.2, -0.15) is 4.73 Å². The summed E-state index contributed by atoms with van der Waals surface area (Å²) in [5.74, 6) is -0.800. The van der Waals surface area contributed by atoms with Crippen molar-refractivity contribution in [1.82, 2.24) is 4.98 Å². The second-order valence-electron chi connectivity index (χ2n) is 3.97. The van der Waals surface area contributed by atoms with Crippen molar-refractivity contribution in [3.63, 3.8) is 0 Å². The van der Waals surface area contributed by atoms with E-state index in [0.29, 0.717) is 15.9 Å². The van der Waals surface area contributed by atoms with E-state index in [1.807, 2.05) is 0 Å². The molecule has 0 saturated carbocycles. The Morgan fingerprint density at radius 1 is 1.42 bits per heavy atom. The molecule has 2 aromatic heterocycles. The topological polar surface area (TPSA) is 86.1 Å². The molecule has 0 unspecified atom stereocenters. The zero-order valence-corrected chi connectivity index (χ0v) is 10.5. The molecule has 2 rings (SSSR count). The Morgan fingerprint density at radius 2 is 2.16 bits per heavy atom. The summed E-state index contributed by atoms with van der Waals surface area (Å²) in [5, 5.41) is 11.3. The van der Waals surface area contributed by atoms with Crippen molar-refractivity contribution in [2.75, 3.05) is 7.11 Å². The van der Waals surface area contributed by atoms with Crippen LogP contribution in [-0.4, -0.2) is 23.8 Å². The summed E-state index contributed by atoms with van der Waals surface area (Å²) in [6.45, 7) is 1.38. The second-order valence-corrected chi connectivity index (χ2v) is 3.97. The number of esters is 1. The summed E-state index contributed by atoms with van der Waals surface area (Å²) in [6.07, 6.45) is 2.67. The molecule has 2 heterocycles. The first kappa shape index (κ1) is 12.8. The van der Waals surface area contributed by atoms with Crippen molar-refractivity contribution in [2.24, 2.45) is 0 Å². The first-order chi connectivity index (χ1) is 9.02. The first-order valence-corrected chi connectivity index (χ1v) is 5.54. The summed E-state index contributed by atoms with van der Waals surface area (Å²) < 4.78 is 5.22. The highest BCUT2D eigenvalue weighted by atomic mass is 16.5. The molecule has 6 nitrogen and oxygen atoms in total. The molecule has 0 aliphatic heterocycles. The van der Waals surface area contributed by atoms with Gasteiger partial charge in [-0.15, -0.1) is 0 Å². The van der Waals surface area contributed by atoms with E-state index in [4.69, 9.17) is 0 Å². The van der Waals surface area contributed by atoms with Gasteiger partial charge in [0.1, 0.15) is 5.69 Å². The van der Waals surface area contributed by atoms with E-state index in [-0.39, 0.29) is 17.2 Å². The number of hydrogen-bond acceptors (Lipinski definition) is 4. The number of carbonyl (C=O) groups excluding carboxylic acids is 2. The number of methoxy groups -OCH3 is 1. The summed E-state index contributed by atoms with van der Waals surface area (Å²) in [4.78, 5) is 25.8. The maximum atomic E-state index is 11.6. The van der Waals surface area contributed by atoms with Gasteiger partial charge in [-0.25, -0.2) is 4.79 Å².